The lowest BCUT2D eigenvalue weighted by molar-refractivity contribution is 0.102. The lowest BCUT2D eigenvalue weighted by Crippen LogP contribution is -2.06. The Bertz CT molecular complexity index is 438. The first-order chi connectivity index (χ1) is 8.33. The number of nitrogens with zero attached hydrogens (tertiary/aromatic N) is 1. The minimum atomic E-state index is 0.0890. The molecule has 1 aromatic rings. The molecule has 0 atom stereocenters. The van der Waals surface area contributed by atoms with E-state index in [4.69, 9.17) is 4.74 Å². The first kappa shape index (κ1) is 11.8. The molecule has 0 spiro atoms. The molecule has 0 radical (unpaired) electrons. The van der Waals surface area contributed by atoms with Crippen molar-refractivity contribution >= 4 is 5.78 Å². The van der Waals surface area contributed by atoms with Crippen molar-refractivity contribution in [3.63, 3.8) is 0 Å². The summed E-state index contributed by atoms with van der Waals surface area (Å²) in [5.41, 5.74) is 1.54. The lowest BCUT2D eigenvalue weighted by Gasteiger charge is -2.08. The van der Waals surface area contributed by atoms with E-state index in [2.05, 4.69) is 11.1 Å². The van der Waals surface area contributed by atoms with Crippen molar-refractivity contribution in [1.29, 1.82) is 0 Å². The zero-order valence-corrected chi connectivity index (χ0v) is 10.1. The van der Waals surface area contributed by atoms with Crippen LogP contribution in [0.15, 0.2) is 30.1 Å². The summed E-state index contributed by atoms with van der Waals surface area (Å²) in [6.45, 7) is 0. The van der Waals surface area contributed by atoms with Crippen LogP contribution in [0.25, 0.3) is 0 Å². The second-order valence-electron chi connectivity index (χ2n) is 4.23. The van der Waals surface area contributed by atoms with Crippen LogP contribution in [-0.4, -0.2) is 17.9 Å². The van der Waals surface area contributed by atoms with Gasteiger partial charge in [0.15, 0.2) is 5.78 Å². The summed E-state index contributed by atoms with van der Waals surface area (Å²) in [7, 11) is 1.56. The highest BCUT2D eigenvalue weighted by atomic mass is 16.5. The molecule has 2 rings (SSSR count). The van der Waals surface area contributed by atoms with Crippen LogP contribution in [0, 0.1) is 0 Å². The van der Waals surface area contributed by atoms with Gasteiger partial charge < -0.3 is 4.74 Å². The highest BCUT2D eigenvalue weighted by molar-refractivity contribution is 6.10. The second kappa shape index (κ2) is 5.62. The molecule has 0 N–H and O–H groups in total. The number of ketones is 1. The molecule has 90 valence electrons. The van der Waals surface area contributed by atoms with Crippen LogP contribution in [0.1, 0.15) is 42.5 Å². The predicted molar refractivity (Wildman–Crippen MR) is 66.3 cm³/mol. The zero-order valence-electron chi connectivity index (χ0n) is 10.1. The molecule has 0 bridgehead atoms. The first-order valence-corrected chi connectivity index (χ1v) is 6.04. The van der Waals surface area contributed by atoms with Gasteiger partial charge in [-0.3, -0.25) is 9.78 Å². The Morgan fingerprint density at radius 1 is 1.35 bits per heavy atom. The summed E-state index contributed by atoms with van der Waals surface area (Å²) in [5, 5.41) is 0. The third-order valence-electron chi connectivity index (χ3n) is 3.08. The minimum Gasteiger partial charge on any atom is -0.494 e. The van der Waals surface area contributed by atoms with Gasteiger partial charge in [0.1, 0.15) is 5.75 Å². The van der Waals surface area contributed by atoms with Gasteiger partial charge in [0.05, 0.1) is 18.9 Å². The molecule has 0 unspecified atom stereocenters. The standard InChI is InChI=1S/C14H17NO2/c1-17-13-10-15-9-8-12(13)14(16)11-6-4-2-3-5-7-11/h6,8-10H,2-5,7H2,1H3. The highest BCUT2D eigenvalue weighted by Gasteiger charge is 2.17. The molecule has 17 heavy (non-hydrogen) atoms. The van der Waals surface area contributed by atoms with Gasteiger partial charge in [0.2, 0.25) is 0 Å². The van der Waals surface area contributed by atoms with Crippen molar-refractivity contribution in [1.82, 2.24) is 4.98 Å². The largest absolute Gasteiger partial charge is 0.494 e. The van der Waals surface area contributed by atoms with E-state index in [0.717, 1.165) is 24.8 Å². The first-order valence-electron chi connectivity index (χ1n) is 6.04. The molecular weight excluding hydrogens is 214 g/mol. The van der Waals surface area contributed by atoms with E-state index < -0.39 is 0 Å². The Morgan fingerprint density at radius 3 is 3.06 bits per heavy atom. The van der Waals surface area contributed by atoms with Crippen LogP contribution in [0.2, 0.25) is 0 Å². The van der Waals surface area contributed by atoms with E-state index in [1.165, 1.54) is 12.8 Å². The molecule has 0 aliphatic heterocycles. The summed E-state index contributed by atoms with van der Waals surface area (Å²) in [4.78, 5) is 16.3. The fourth-order valence-electron chi connectivity index (χ4n) is 2.12. The van der Waals surface area contributed by atoms with Gasteiger partial charge >= 0.3 is 0 Å². The summed E-state index contributed by atoms with van der Waals surface area (Å²) in [6, 6.07) is 1.73. The van der Waals surface area contributed by atoms with Crippen LogP contribution >= 0.6 is 0 Å². The Labute approximate surface area is 102 Å². The van der Waals surface area contributed by atoms with Crippen molar-refractivity contribution in [2.75, 3.05) is 7.11 Å². The normalized spacial score (nSPS) is 15.9. The van der Waals surface area contributed by atoms with Gasteiger partial charge in [0, 0.05) is 6.20 Å². The Hall–Kier alpha value is -1.64. The van der Waals surface area contributed by atoms with E-state index in [1.807, 2.05) is 0 Å². The second-order valence-corrected chi connectivity index (χ2v) is 4.23. The number of pyridine rings is 1. The summed E-state index contributed by atoms with van der Waals surface area (Å²) in [5.74, 6) is 0.647. The third kappa shape index (κ3) is 2.73. The van der Waals surface area contributed by atoms with Gasteiger partial charge in [-0.05, 0) is 37.3 Å². The Morgan fingerprint density at radius 2 is 2.24 bits per heavy atom. The van der Waals surface area contributed by atoms with Gasteiger partial charge in [0.25, 0.3) is 0 Å². The summed E-state index contributed by atoms with van der Waals surface area (Å²) >= 11 is 0. The van der Waals surface area contributed by atoms with Crippen LogP contribution in [0.4, 0.5) is 0 Å². The highest BCUT2D eigenvalue weighted by Crippen LogP contribution is 2.24. The number of hydrogen-bond donors (Lipinski definition) is 0. The third-order valence-corrected chi connectivity index (χ3v) is 3.08. The van der Waals surface area contributed by atoms with E-state index in [9.17, 15) is 4.79 Å². The monoisotopic (exact) mass is 231 g/mol. The SMILES string of the molecule is COc1cnccc1C(=O)C1=CCCCCC1. The number of rotatable bonds is 3. The van der Waals surface area contributed by atoms with Crippen LogP contribution < -0.4 is 4.74 Å². The molecule has 0 saturated carbocycles. The van der Waals surface area contributed by atoms with Gasteiger partial charge in [-0.25, -0.2) is 0 Å². The number of ether oxygens (including phenoxy) is 1. The van der Waals surface area contributed by atoms with E-state index >= 15 is 0 Å². The number of hydrogen-bond acceptors (Lipinski definition) is 3. The number of methoxy groups -OCH3 is 1. The van der Waals surface area contributed by atoms with Crippen molar-refractivity contribution in [2.45, 2.75) is 32.1 Å². The molecule has 1 heterocycles. The molecule has 0 amide bonds. The van der Waals surface area contributed by atoms with Crippen LogP contribution in [0.3, 0.4) is 0 Å². The van der Waals surface area contributed by atoms with E-state index in [-0.39, 0.29) is 5.78 Å². The van der Waals surface area contributed by atoms with Crippen molar-refractivity contribution in [2.24, 2.45) is 0 Å². The minimum absolute atomic E-state index is 0.0890. The molecule has 0 saturated heterocycles. The smallest absolute Gasteiger partial charge is 0.192 e. The molecule has 3 heteroatoms. The molecule has 1 aliphatic carbocycles. The Kier molecular flexibility index (Phi) is 3.91. The molecular formula is C14H17NO2. The van der Waals surface area contributed by atoms with Gasteiger partial charge in [-0.1, -0.05) is 12.5 Å². The number of aromatic nitrogens is 1. The maximum absolute atomic E-state index is 12.4. The van der Waals surface area contributed by atoms with Crippen molar-refractivity contribution in [3.8, 4) is 5.75 Å². The van der Waals surface area contributed by atoms with Gasteiger partial charge in [-0.15, -0.1) is 0 Å². The molecule has 3 nitrogen and oxygen atoms in total. The molecule has 0 aromatic carbocycles. The van der Waals surface area contributed by atoms with Crippen molar-refractivity contribution in [3.05, 3.63) is 35.7 Å². The number of allylic oxidation sites excluding steroid dienone is 2. The van der Waals surface area contributed by atoms with Crippen LogP contribution in [0.5, 0.6) is 5.75 Å². The molecule has 1 aromatic heterocycles. The maximum atomic E-state index is 12.4. The predicted octanol–water partition coefficient (Wildman–Crippen LogP) is 3.16. The summed E-state index contributed by atoms with van der Waals surface area (Å²) in [6.07, 6.45) is 10.7. The fraction of sp³-hybridized carbons (Fsp3) is 0.429. The van der Waals surface area contributed by atoms with Crippen molar-refractivity contribution < 1.29 is 9.53 Å². The number of Topliss-reactive ketones (excluding diaryl/α,β-unsaturated/α-hetero) is 1. The average Bonchev–Trinajstić information content (AvgIpc) is 2.66. The lowest BCUT2D eigenvalue weighted by atomic mass is 10.00. The molecule has 0 fully saturated rings. The maximum Gasteiger partial charge on any atom is 0.192 e. The fourth-order valence-corrected chi connectivity index (χ4v) is 2.12. The summed E-state index contributed by atoms with van der Waals surface area (Å²) < 4.78 is 5.18. The topological polar surface area (TPSA) is 39.2 Å². The van der Waals surface area contributed by atoms with Gasteiger partial charge in [-0.2, -0.15) is 0 Å². The van der Waals surface area contributed by atoms with Crippen LogP contribution in [-0.2, 0) is 0 Å². The quantitative estimate of drug-likeness (QED) is 0.750. The zero-order chi connectivity index (χ0) is 12.1. The van der Waals surface area contributed by atoms with E-state index in [1.54, 1.807) is 25.6 Å². The number of carbonyl (C=O) groups is 1. The van der Waals surface area contributed by atoms with E-state index in [0.29, 0.717) is 11.3 Å². The average molecular weight is 231 g/mol. The Balaban J connectivity index is 2.26. The number of carbonyl (C=O) groups excluding carboxylic acids is 1. The molecule has 1 aliphatic rings.